The number of anilines is 2. The van der Waals surface area contributed by atoms with Gasteiger partial charge in [-0.05, 0) is 54.0 Å². The third kappa shape index (κ3) is 3.78. The second-order valence-electron chi connectivity index (χ2n) is 4.47. The first-order valence-corrected chi connectivity index (χ1v) is 7.99. The Bertz CT molecular complexity index is 553. The molecule has 2 rings (SSSR count). The van der Waals surface area contributed by atoms with Crippen LogP contribution in [-0.4, -0.2) is 11.5 Å². The number of rotatable bonds is 5. The van der Waals surface area contributed by atoms with Gasteiger partial charge in [-0.1, -0.05) is 13.0 Å². The Labute approximate surface area is 126 Å². The lowest BCUT2D eigenvalue weighted by Crippen LogP contribution is -2.17. The topological polar surface area (TPSA) is 37.0 Å². The molecule has 0 amide bonds. The molecule has 1 aromatic carbocycles. The van der Waals surface area contributed by atoms with E-state index in [1.165, 1.54) is 5.56 Å². The molecule has 0 aliphatic rings. The Morgan fingerprint density at radius 1 is 1.42 bits per heavy atom. The number of nitrogens with zero attached hydrogens (tertiary/aromatic N) is 1. The van der Waals surface area contributed by atoms with Crippen LogP contribution < -0.4 is 10.6 Å². The quantitative estimate of drug-likeness (QED) is 0.833. The van der Waals surface area contributed by atoms with Gasteiger partial charge in [0.05, 0.1) is 11.4 Å². The van der Waals surface area contributed by atoms with Crippen LogP contribution in [0.25, 0.3) is 0 Å². The summed E-state index contributed by atoms with van der Waals surface area (Å²) in [7, 11) is 0. The Kier molecular flexibility index (Phi) is 4.96. The van der Waals surface area contributed by atoms with Crippen LogP contribution in [0.5, 0.6) is 0 Å². The SMILES string of the molecule is CCNC(C)c1csc(Nc2ccc(C)cc2Br)n1. The summed E-state index contributed by atoms with van der Waals surface area (Å²) < 4.78 is 1.06. The van der Waals surface area contributed by atoms with Crippen molar-refractivity contribution < 1.29 is 0 Å². The van der Waals surface area contributed by atoms with Gasteiger partial charge < -0.3 is 10.6 Å². The van der Waals surface area contributed by atoms with Crippen molar-refractivity contribution in [2.45, 2.75) is 26.8 Å². The normalized spacial score (nSPS) is 12.4. The van der Waals surface area contributed by atoms with Gasteiger partial charge in [0.15, 0.2) is 5.13 Å². The van der Waals surface area contributed by atoms with Crippen LogP contribution in [0.2, 0.25) is 0 Å². The molecule has 2 N–H and O–H groups in total. The summed E-state index contributed by atoms with van der Waals surface area (Å²) in [5.74, 6) is 0. The molecule has 0 saturated heterocycles. The largest absolute Gasteiger partial charge is 0.331 e. The minimum absolute atomic E-state index is 0.290. The maximum atomic E-state index is 4.61. The minimum atomic E-state index is 0.290. The first-order chi connectivity index (χ1) is 9.10. The van der Waals surface area contributed by atoms with Crippen molar-refractivity contribution in [3.05, 3.63) is 39.3 Å². The van der Waals surface area contributed by atoms with Crippen LogP contribution in [0.1, 0.15) is 31.1 Å². The monoisotopic (exact) mass is 339 g/mol. The van der Waals surface area contributed by atoms with E-state index in [0.717, 1.165) is 27.5 Å². The fourth-order valence-electron chi connectivity index (χ4n) is 1.79. The molecule has 2 aromatic rings. The van der Waals surface area contributed by atoms with Gasteiger partial charge in [0.2, 0.25) is 0 Å². The van der Waals surface area contributed by atoms with E-state index in [9.17, 15) is 0 Å². The van der Waals surface area contributed by atoms with Crippen LogP contribution in [-0.2, 0) is 0 Å². The smallest absolute Gasteiger partial charge is 0.187 e. The van der Waals surface area contributed by atoms with Gasteiger partial charge in [-0.3, -0.25) is 0 Å². The number of hydrogen-bond donors (Lipinski definition) is 2. The molecule has 0 saturated carbocycles. The lowest BCUT2D eigenvalue weighted by molar-refractivity contribution is 0.587. The average molecular weight is 340 g/mol. The van der Waals surface area contributed by atoms with Gasteiger partial charge in [0, 0.05) is 15.9 Å². The highest BCUT2D eigenvalue weighted by molar-refractivity contribution is 9.10. The van der Waals surface area contributed by atoms with Crippen molar-refractivity contribution in [3.8, 4) is 0 Å². The van der Waals surface area contributed by atoms with Crippen molar-refractivity contribution in [1.29, 1.82) is 0 Å². The molecule has 1 aromatic heterocycles. The fraction of sp³-hybridized carbons (Fsp3) is 0.357. The first-order valence-electron chi connectivity index (χ1n) is 6.32. The molecule has 19 heavy (non-hydrogen) atoms. The van der Waals surface area contributed by atoms with E-state index >= 15 is 0 Å². The summed E-state index contributed by atoms with van der Waals surface area (Å²) in [4.78, 5) is 4.61. The molecule has 0 spiro atoms. The summed E-state index contributed by atoms with van der Waals surface area (Å²) in [6, 6.07) is 6.54. The Morgan fingerprint density at radius 2 is 2.21 bits per heavy atom. The molecule has 0 bridgehead atoms. The van der Waals surface area contributed by atoms with E-state index < -0.39 is 0 Å². The number of halogens is 1. The Hall–Kier alpha value is -0.910. The van der Waals surface area contributed by atoms with Crippen LogP contribution in [0.4, 0.5) is 10.8 Å². The molecule has 0 aliphatic carbocycles. The van der Waals surface area contributed by atoms with E-state index in [-0.39, 0.29) is 0 Å². The zero-order valence-electron chi connectivity index (χ0n) is 11.3. The Morgan fingerprint density at radius 3 is 2.89 bits per heavy atom. The molecule has 0 radical (unpaired) electrons. The van der Waals surface area contributed by atoms with Crippen molar-refractivity contribution in [2.75, 3.05) is 11.9 Å². The molecule has 5 heteroatoms. The number of nitrogens with one attached hydrogen (secondary N) is 2. The van der Waals surface area contributed by atoms with Crippen LogP contribution >= 0.6 is 27.3 Å². The standard InChI is InChI=1S/C14H18BrN3S/c1-4-16-10(3)13-8-19-14(18-13)17-12-6-5-9(2)7-11(12)15/h5-8,10,16H,4H2,1-3H3,(H,17,18). The van der Waals surface area contributed by atoms with Gasteiger partial charge in [-0.2, -0.15) is 0 Å². The third-order valence-electron chi connectivity index (χ3n) is 2.84. The molecule has 0 aliphatic heterocycles. The highest BCUT2D eigenvalue weighted by Gasteiger charge is 2.09. The highest BCUT2D eigenvalue weighted by Crippen LogP contribution is 2.29. The van der Waals surface area contributed by atoms with Crippen LogP contribution in [0.15, 0.2) is 28.1 Å². The fourth-order valence-corrected chi connectivity index (χ4v) is 3.20. The van der Waals surface area contributed by atoms with E-state index in [4.69, 9.17) is 0 Å². The molecule has 3 nitrogen and oxygen atoms in total. The molecular formula is C14H18BrN3S. The van der Waals surface area contributed by atoms with Gasteiger partial charge in [-0.25, -0.2) is 4.98 Å². The Balaban J connectivity index is 2.11. The van der Waals surface area contributed by atoms with Gasteiger partial charge in [0.25, 0.3) is 0 Å². The van der Waals surface area contributed by atoms with Crippen molar-refractivity contribution in [1.82, 2.24) is 10.3 Å². The van der Waals surface area contributed by atoms with Crippen molar-refractivity contribution in [3.63, 3.8) is 0 Å². The molecule has 1 atom stereocenters. The number of hydrogen-bond acceptors (Lipinski definition) is 4. The summed E-state index contributed by atoms with van der Waals surface area (Å²) in [5.41, 5.74) is 3.36. The van der Waals surface area contributed by atoms with E-state index in [0.29, 0.717) is 6.04 Å². The van der Waals surface area contributed by atoms with Crippen molar-refractivity contribution in [2.24, 2.45) is 0 Å². The zero-order chi connectivity index (χ0) is 13.8. The van der Waals surface area contributed by atoms with Gasteiger partial charge >= 0.3 is 0 Å². The van der Waals surface area contributed by atoms with E-state index in [2.05, 4.69) is 75.9 Å². The second kappa shape index (κ2) is 6.50. The molecule has 1 unspecified atom stereocenters. The van der Waals surface area contributed by atoms with Crippen LogP contribution in [0, 0.1) is 6.92 Å². The summed E-state index contributed by atoms with van der Waals surface area (Å²) in [6.45, 7) is 7.26. The highest BCUT2D eigenvalue weighted by atomic mass is 79.9. The second-order valence-corrected chi connectivity index (χ2v) is 6.18. The summed E-state index contributed by atoms with van der Waals surface area (Å²) in [6.07, 6.45) is 0. The number of aryl methyl sites for hydroxylation is 1. The molecule has 1 heterocycles. The van der Waals surface area contributed by atoms with Gasteiger partial charge in [0.1, 0.15) is 0 Å². The summed E-state index contributed by atoms with van der Waals surface area (Å²) in [5, 5.41) is 9.73. The third-order valence-corrected chi connectivity index (χ3v) is 4.27. The predicted molar refractivity (Wildman–Crippen MR) is 86.4 cm³/mol. The molecule has 0 fully saturated rings. The van der Waals surface area contributed by atoms with E-state index in [1.54, 1.807) is 11.3 Å². The first kappa shape index (κ1) is 14.5. The van der Waals surface area contributed by atoms with Crippen LogP contribution in [0.3, 0.4) is 0 Å². The molecular weight excluding hydrogens is 322 g/mol. The number of benzene rings is 1. The predicted octanol–water partition coefficient (Wildman–Crippen LogP) is 4.63. The maximum Gasteiger partial charge on any atom is 0.187 e. The average Bonchev–Trinajstić information content (AvgIpc) is 2.82. The number of aromatic nitrogens is 1. The van der Waals surface area contributed by atoms with Gasteiger partial charge in [-0.15, -0.1) is 11.3 Å². The maximum absolute atomic E-state index is 4.61. The molecule has 102 valence electrons. The number of thiazole rings is 1. The van der Waals surface area contributed by atoms with E-state index in [1.807, 2.05) is 0 Å². The lowest BCUT2D eigenvalue weighted by Gasteiger charge is -2.09. The minimum Gasteiger partial charge on any atom is -0.331 e. The lowest BCUT2D eigenvalue weighted by atomic mass is 10.2. The van der Waals surface area contributed by atoms with Crippen molar-refractivity contribution >= 4 is 38.1 Å². The summed E-state index contributed by atoms with van der Waals surface area (Å²) >= 11 is 5.20. The zero-order valence-corrected chi connectivity index (χ0v) is 13.7.